The molecule has 0 aromatic carbocycles. The third-order valence-corrected chi connectivity index (χ3v) is 4.22. The van der Waals surface area contributed by atoms with Crippen molar-refractivity contribution >= 4 is 17.2 Å². The Kier molecular flexibility index (Phi) is 3.87. The number of hydrogen-bond acceptors (Lipinski definition) is 5. The van der Waals surface area contributed by atoms with Crippen molar-refractivity contribution in [1.29, 1.82) is 0 Å². The first-order chi connectivity index (χ1) is 10.3. The van der Waals surface area contributed by atoms with Crippen molar-refractivity contribution in [3.05, 3.63) is 64.1 Å². The third-order valence-electron chi connectivity index (χ3n) is 3.24. The molecule has 0 aliphatic heterocycles. The molecule has 21 heavy (non-hydrogen) atoms. The van der Waals surface area contributed by atoms with Crippen LogP contribution in [0.3, 0.4) is 0 Å². The summed E-state index contributed by atoms with van der Waals surface area (Å²) < 4.78 is 10.4. The molecule has 0 fully saturated rings. The lowest BCUT2D eigenvalue weighted by molar-refractivity contribution is 0.0950. The predicted octanol–water partition coefficient (Wildman–Crippen LogP) is 3.20. The summed E-state index contributed by atoms with van der Waals surface area (Å²) in [4.78, 5) is 13.3. The van der Waals surface area contributed by atoms with Crippen molar-refractivity contribution in [1.82, 2.24) is 10.5 Å². The SMILES string of the molecule is Cc1oncc1C(=O)NC[C@@H](c1ccco1)c1cccs1. The Bertz CT molecular complexity index is 667. The third kappa shape index (κ3) is 2.90. The monoisotopic (exact) mass is 302 g/mol. The van der Waals surface area contributed by atoms with Gasteiger partial charge in [0.1, 0.15) is 17.1 Å². The number of rotatable bonds is 5. The highest BCUT2D eigenvalue weighted by atomic mass is 32.1. The molecule has 1 N–H and O–H groups in total. The van der Waals surface area contributed by atoms with Crippen molar-refractivity contribution in [2.75, 3.05) is 6.54 Å². The van der Waals surface area contributed by atoms with Crippen LogP contribution in [0.1, 0.15) is 32.7 Å². The van der Waals surface area contributed by atoms with Gasteiger partial charge in [0.15, 0.2) is 0 Å². The number of nitrogens with one attached hydrogen (secondary N) is 1. The number of carbonyl (C=O) groups is 1. The smallest absolute Gasteiger partial charge is 0.256 e. The lowest BCUT2D eigenvalue weighted by Crippen LogP contribution is -2.28. The number of furan rings is 1. The van der Waals surface area contributed by atoms with Crippen LogP contribution in [0.25, 0.3) is 0 Å². The molecular formula is C15H14N2O3S. The predicted molar refractivity (Wildman–Crippen MR) is 78.4 cm³/mol. The molecule has 5 nitrogen and oxygen atoms in total. The molecule has 108 valence electrons. The van der Waals surface area contributed by atoms with Crippen LogP contribution in [0.4, 0.5) is 0 Å². The Morgan fingerprint density at radius 1 is 1.43 bits per heavy atom. The fourth-order valence-electron chi connectivity index (χ4n) is 2.13. The highest BCUT2D eigenvalue weighted by Crippen LogP contribution is 2.28. The average molecular weight is 302 g/mol. The molecule has 3 heterocycles. The summed E-state index contributed by atoms with van der Waals surface area (Å²) in [6.07, 6.45) is 3.07. The van der Waals surface area contributed by atoms with Crippen LogP contribution in [0.5, 0.6) is 0 Å². The second kappa shape index (κ2) is 5.97. The zero-order chi connectivity index (χ0) is 14.7. The fraction of sp³-hybridized carbons (Fsp3) is 0.200. The van der Waals surface area contributed by atoms with E-state index in [0.717, 1.165) is 10.6 Å². The minimum absolute atomic E-state index is 0.00381. The van der Waals surface area contributed by atoms with Gasteiger partial charge in [-0.2, -0.15) is 0 Å². The van der Waals surface area contributed by atoms with E-state index in [1.165, 1.54) is 6.20 Å². The number of thiophene rings is 1. The van der Waals surface area contributed by atoms with Gasteiger partial charge in [-0.3, -0.25) is 4.79 Å². The van der Waals surface area contributed by atoms with Gasteiger partial charge in [0, 0.05) is 11.4 Å². The summed E-state index contributed by atoms with van der Waals surface area (Å²) >= 11 is 1.64. The molecule has 0 radical (unpaired) electrons. The minimum atomic E-state index is -0.193. The largest absolute Gasteiger partial charge is 0.469 e. The summed E-state index contributed by atoms with van der Waals surface area (Å²) in [5.41, 5.74) is 0.458. The van der Waals surface area contributed by atoms with E-state index in [2.05, 4.69) is 10.5 Å². The van der Waals surface area contributed by atoms with E-state index in [1.54, 1.807) is 24.5 Å². The van der Waals surface area contributed by atoms with Crippen LogP contribution < -0.4 is 5.32 Å². The molecule has 3 aromatic heterocycles. The molecule has 0 aliphatic rings. The van der Waals surface area contributed by atoms with Crippen LogP contribution >= 0.6 is 11.3 Å². The maximum Gasteiger partial charge on any atom is 0.256 e. The molecule has 0 saturated carbocycles. The summed E-state index contributed by atoms with van der Waals surface area (Å²) in [6.45, 7) is 2.17. The van der Waals surface area contributed by atoms with Gasteiger partial charge in [0.25, 0.3) is 5.91 Å². The summed E-state index contributed by atoms with van der Waals surface area (Å²) in [7, 11) is 0. The van der Waals surface area contributed by atoms with Crippen molar-refractivity contribution < 1.29 is 13.7 Å². The van der Waals surface area contributed by atoms with Crippen molar-refractivity contribution in [3.63, 3.8) is 0 Å². The molecule has 1 amide bonds. The zero-order valence-electron chi connectivity index (χ0n) is 11.4. The van der Waals surface area contributed by atoms with Crippen LogP contribution in [0, 0.1) is 6.92 Å². The normalized spacial score (nSPS) is 12.2. The highest BCUT2D eigenvalue weighted by Gasteiger charge is 2.20. The molecule has 0 aliphatic carbocycles. The van der Waals surface area contributed by atoms with E-state index in [9.17, 15) is 4.79 Å². The average Bonchev–Trinajstić information content (AvgIpc) is 3.21. The van der Waals surface area contributed by atoms with Crippen LogP contribution in [-0.2, 0) is 0 Å². The van der Waals surface area contributed by atoms with Gasteiger partial charge < -0.3 is 14.3 Å². The molecule has 3 aromatic rings. The zero-order valence-corrected chi connectivity index (χ0v) is 12.2. The van der Waals surface area contributed by atoms with E-state index >= 15 is 0 Å². The van der Waals surface area contributed by atoms with Gasteiger partial charge >= 0.3 is 0 Å². The maximum atomic E-state index is 12.1. The van der Waals surface area contributed by atoms with E-state index < -0.39 is 0 Å². The van der Waals surface area contributed by atoms with Crippen LogP contribution in [-0.4, -0.2) is 17.6 Å². The van der Waals surface area contributed by atoms with Gasteiger partial charge in [-0.25, -0.2) is 0 Å². The standard InChI is InChI=1S/C15H14N2O3S/c1-10-11(9-17-20-10)15(18)16-8-12(13-4-2-6-19-13)14-5-3-7-21-14/h2-7,9,12H,8H2,1H3,(H,16,18)/t12-/m0/s1. The molecule has 1 atom stereocenters. The summed E-state index contributed by atoms with van der Waals surface area (Å²) in [6, 6.07) is 7.79. The number of aryl methyl sites for hydroxylation is 1. The molecule has 3 rings (SSSR count). The number of aromatic nitrogens is 1. The van der Waals surface area contributed by atoms with E-state index in [4.69, 9.17) is 8.94 Å². The van der Waals surface area contributed by atoms with E-state index in [-0.39, 0.29) is 11.8 Å². The first-order valence-electron chi connectivity index (χ1n) is 6.52. The summed E-state index contributed by atoms with van der Waals surface area (Å²) in [5, 5.41) is 8.54. The fourth-order valence-corrected chi connectivity index (χ4v) is 2.96. The topological polar surface area (TPSA) is 68.3 Å². The molecule has 0 bridgehead atoms. The first kappa shape index (κ1) is 13.6. The number of hydrogen-bond donors (Lipinski definition) is 1. The second-order valence-corrected chi connectivity index (χ2v) is 5.57. The van der Waals surface area contributed by atoms with Crippen LogP contribution in [0.15, 0.2) is 51.0 Å². The van der Waals surface area contributed by atoms with Gasteiger partial charge in [-0.05, 0) is 30.5 Å². The molecule has 0 unspecified atom stereocenters. The quantitative estimate of drug-likeness (QED) is 0.786. The number of amides is 1. The van der Waals surface area contributed by atoms with Gasteiger partial charge in [0.2, 0.25) is 0 Å². The Hall–Kier alpha value is -2.34. The van der Waals surface area contributed by atoms with E-state index in [0.29, 0.717) is 17.9 Å². The Morgan fingerprint density at radius 2 is 2.33 bits per heavy atom. The minimum Gasteiger partial charge on any atom is -0.469 e. The lowest BCUT2D eigenvalue weighted by atomic mass is 10.0. The summed E-state index contributed by atoms with van der Waals surface area (Å²) in [5.74, 6) is 1.16. The van der Waals surface area contributed by atoms with Crippen LogP contribution in [0.2, 0.25) is 0 Å². The Balaban J connectivity index is 1.74. The van der Waals surface area contributed by atoms with Crippen molar-refractivity contribution in [2.45, 2.75) is 12.8 Å². The van der Waals surface area contributed by atoms with Gasteiger partial charge in [-0.15, -0.1) is 11.3 Å². The first-order valence-corrected chi connectivity index (χ1v) is 7.40. The van der Waals surface area contributed by atoms with Crippen molar-refractivity contribution in [3.8, 4) is 0 Å². The van der Waals surface area contributed by atoms with Crippen molar-refractivity contribution in [2.24, 2.45) is 0 Å². The molecule has 6 heteroatoms. The lowest BCUT2D eigenvalue weighted by Gasteiger charge is -2.13. The Morgan fingerprint density at radius 3 is 2.95 bits per heavy atom. The second-order valence-electron chi connectivity index (χ2n) is 4.59. The van der Waals surface area contributed by atoms with E-state index in [1.807, 2.05) is 29.6 Å². The number of carbonyl (C=O) groups excluding carboxylic acids is 1. The highest BCUT2D eigenvalue weighted by molar-refractivity contribution is 7.10. The maximum absolute atomic E-state index is 12.1. The Labute approximate surface area is 125 Å². The van der Waals surface area contributed by atoms with Gasteiger partial charge in [-0.1, -0.05) is 11.2 Å². The number of nitrogens with zero attached hydrogens (tertiary/aromatic N) is 1. The molecular weight excluding hydrogens is 288 g/mol. The molecule has 0 saturated heterocycles. The van der Waals surface area contributed by atoms with Gasteiger partial charge in [0.05, 0.1) is 18.4 Å². The molecule has 0 spiro atoms.